The van der Waals surface area contributed by atoms with Crippen molar-refractivity contribution in [1.29, 1.82) is 0 Å². The van der Waals surface area contributed by atoms with Gasteiger partial charge in [-0.05, 0) is 130 Å². The molecule has 0 fully saturated rings. The zero-order chi connectivity index (χ0) is 46.0. The van der Waals surface area contributed by atoms with E-state index in [0.717, 1.165) is 40.9 Å². The van der Waals surface area contributed by atoms with Crippen LogP contribution < -0.4 is 16.2 Å². The molecule has 0 atom stereocenters. The van der Waals surface area contributed by atoms with E-state index in [4.69, 9.17) is 4.42 Å². The summed E-state index contributed by atoms with van der Waals surface area (Å²) in [5, 5.41) is 13.1. The highest BCUT2D eigenvalue weighted by Crippen LogP contribution is 2.51. The van der Waals surface area contributed by atoms with E-state index in [2.05, 4.69) is 204 Å². The van der Waals surface area contributed by atoms with Crippen molar-refractivity contribution in [1.82, 2.24) is 4.57 Å². The second-order valence-corrected chi connectivity index (χ2v) is 24.2. The second kappa shape index (κ2) is 14.0. The first-order valence-corrected chi connectivity index (χ1v) is 25.9. The van der Waals surface area contributed by atoms with Crippen molar-refractivity contribution in [3.8, 4) is 28.1 Å². The van der Waals surface area contributed by atoms with Crippen LogP contribution in [0.15, 0.2) is 150 Å². The van der Waals surface area contributed by atoms with Gasteiger partial charge in [-0.3, -0.25) is 0 Å². The van der Waals surface area contributed by atoms with E-state index >= 15 is 0 Å². The van der Waals surface area contributed by atoms with Gasteiger partial charge in [0.05, 0.1) is 5.52 Å². The van der Waals surface area contributed by atoms with Gasteiger partial charge < -0.3 is 14.3 Å². The molecule has 68 heavy (non-hydrogen) atoms. The summed E-state index contributed by atoms with van der Waals surface area (Å²) in [5.41, 5.74) is 17.8. The fraction of sp³-hybridized carbons (Fsp3) is 0.194. The van der Waals surface area contributed by atoms with Crippen molar-refractivity contribution in [2.24, 2.45) is 0 Å². The molecular weight excluding hydrogens is 864 g/mol. The number of hydrogen-bond acceptors (Lipinski definition) is 4. The molecule has 1 N–H and O–H groups in total. The SMILES string of the molecule is CC(C)(C)c1ccc(Nc2cc3sc4cc5c(cc4c3cc2-c2ccc3c4cc6sc7ccccc7c6cc4n4c3c2Bc2cc3oc(-c6ccccc6)cc3cc2-4)C(C)(C)CCC5(C)C)cc1. The normalized spacial score (nSPS) is 15.2. The Bertz CT molecular complexity index is 4120. The number of nitrogens with zero attached hydrogens (tertiary/aromatic N) is 1. The molecule has 3 nitrogen and oxygen atoms in total. The molecule has 330 valence electrons. The summed E-state index contributed by atoms with van der Waals surface area (Å²) in [5.74, 6) is 0.894. The Morgan fingerprint density at radius 2 is 1.28 bits per heavy atom. The van der Waals surface area contributed by atoms with Crippen molar-refractivity contribution in [3.63, 3.8) is 0 Å². The molecule has 2 aliphatic rings. The van der Waals surface area contributed by atoms with Crippen molar-refractivity contribution >= 4 is 125 Å². The first-order valence-electron chi connectivity index (χ1n) is 24.2. The summed E-state index contributed by atoms with van der Waals surface area (Å²) >= 11 is 3.84. The summed E-state index contributed by atoms with van der Waals surface area (Å²) in [6.07, 6.45) is 2.40. The van der Waals surface area contributed by atoms with Gasteiger partial charge in [-0.25, -0.2) is 0 Å². The van der Waals surface area contributed by atoms with Gasteiger partial charge in [0.2, 0.25) is 0 Å². The maximum absolute atomic E-state index is 6.71. The van der Waals surface area contributed by atoms with Crippen molar-refractivity contribution < 1.29 is 4.42 Å². The van der Waals surface area contributed by atoms with Crippen LogP contribution in [0.3, 0.4) is 0 Å². The van der Waals surface area contributed by atoms with Gasteiger partial charge >= 0.3 is 0 Å². The summed E-state index contributed by atoms with van der Waals surface area (Å²) in [6, 6.07) is 55.2. The van der Waals surface area contributed by atoms with E-state index in [1.54, 1.807) is 0 Å². The molecule has 0 spiro atoms. The average Bonchev–Trinajstić information content (AvgIpc) is 4.09. The van der Waals surface area contributed by atoms with Crippen molar-refractivity contribution in [2.75, 3.05) is 5.32 Å². The summed E-state index contributed by atoms with van der Waals surface area (Å²) in [6.45, 7) is 16.6. The predicted octanol–water partition coefficient (Wildman–Crippen LogP) is 16.7. The van der Waals surface area contributed by atoms with Crippen LogP contribution in [0.5, 0.6) is 0 Å². The molecule has 0 saturated carbocycles. The van der Waals surface area contributed by atoms with Crippen LogP contribution >= 0.6 is 22.7 Å². The minimum atomic E-state index is 0.0708. The van der Waals surface area contributed by atoms with Crippen LogP contribution in [0.1, 0.15) is 78.0 Å². The third-order valence-electron chi connectivity index (χ3n) is 15.8. The van der Waals surface area contributed by atoms with Crippen molar-refractivity contribution in [2.45, 2.75) is 77.6 Å². The second-order valence-electron chi connectivity index (χ2n) is 22.1. The Balaban J connectivity index is 1.05. The number of fused-ring (bicyclic) bond motifs is 13. The third-order valence-corrected chi connectivity index (χ3v) is 18.1. The average molecular weight is 915 g/mol. The maximum Gasteiger partial charge on any atom is 0.198 e. The first-order chi connectivity index (χ1) is 32.8. The molecule has 1 aliphatic heterocycles. The van der Waals surface area contributed by atoms with Gasteiger partial charge in [0, 0.05) is 90.2 Å². The number of thiophene rings is 2. The molecule has 8 aromatic carbocycles. The molecule has 4 aromatic heterocycles. The number of hydrogen-bond donors (Lipinski definition) is 1. The zero-order valence-electron chi connectivity index (χ0n) is 39.6. The van der Waals surface area contributed by atoms with Gasteiger partial charge in [0.15, 0.2) is 7.28 Å². The Labute approximate surface area is 405 Å². The van der Waals surface area contributed by atoms with Crippen LogP contribution in [-0.4, -0.2) is 11.8 Å². The quantitative estimate of drug-likeness (QED) is 0.178. The van der Waals surface area contributed by atoms with Gasteiger partial charge in [-0.15, -0.1) is 22.7 Å². The van der Waals surface area contributed by atoms with Crippen LogP contribution in [0, 0.1) is 0 Å². The number of aromatic nitrogens is 1. The molecule has 5 heterocycles. The van der Waals surface area contributed by atoms with Crippen molar-refractivity contribution in [3.05, 3.63) is 162 Å². The Morgan fingerprint density at radius 1 is 0.588 bits per heavy atom. The molecule has 1 aliphatic carbocycles. The van der Waals surface area contributed by atoms with Gasteiger partial charge in [-0.2, -0.15) is 0 Å². The monoisotopic (exact) mass is 914 g/mol. The minimum Gasteiger partial charge on any atom is -0.456 e. The fourth-order valence-electron chi connectivity index (χ4n) is 11.9. The molecule has 12 aromatic rings. The lowest BCUT2D eigenvalue weighted by Gasteiger charge is -2.41. The minimum absolute atomic E-state index is 0.0708. The van der Waals surface area contributed by atoms with E-state index in [1.165, 1.54) is 119 Å². The van der Waals surface area contributed by atoms with E-state index in [-0.39, 0.29) is 16.2 Å². The van der Waals surface area contributed by atoms with Crippen LogP contribution in [0.4, 0.5) is 11.4 Å². The lowest BCUT2D eigenvalue weighted by atomic mass is 9.59. The van der Waals surface area contributed by atoms with Crippen LogP contribution in [-0.2, 0) is 16.2 Å². The Hall–Kier alpha value is -6.60. The lowest BCUT2D eigenvalue weighted by molar-refractivity contribution is 0.332. The Morgan fingerprint density at radius 3 is 2.07 bits per heavy atom. The van der Waals surface area contributed by atoms with E-state index < -0.39 is 0 Å². The topological polar surface area (TPSA) is 30.1 Å². The summed E-state index contributed by atoms with van der Waals surface area (Å²) < 4.78 is 14.6. The van der Waals surface area contributed by atoms with Crippen LogP contribution in [0.25, 0.3) is 101 Å². The third kappa shape index (κ3) is 5.96. The van der Waals surface area contributed by atoms with Gasteiger partial charge in [0.25, 0.3) is 0 Å². The highest BCUT2D eigenvalue weighted by molar-refractivity contribution is 7.26. The van der Waals surface area contributed by atoms with Gasteiger partial charge in [-0.1, -0.05) is 127 Å². The summed E-state index contributed by atoms with van der Waals surface area (Å²) in [4.78, 5) is 0. The zero-order valence-corrected chi connectivity index (χ0v) is 41.3. The molecule has 0 bridgehead atoms. The first kappa shape index (κ1) is 40.5. The molecule has 0 amide bonds. The summed E-state index contributed by atoms with van der Waals surface area (Å²) in [7, 11) is 0.784. The molecule has 0 unspecified atom stereocenters. The number of rotatable bonds is 4. The maximum atomic E-state index is 6.71. The molecule has 0 saturated heterocycles. The standard InChI is InChI=1S/C62H51BN2OS2/c1-60(2,3)36-17-19-37(20-18-36)64-49-33-57-43(44-28-46-47(31-56(44)68-57)62(6,7)24-23-61(46,4)5)27-41(49)39-21-22-40-42-30-55-45(38-15-11-12-16-54(38)67-55)29-50(42)65-51-25-35-26-52(34-13-9-8-10-14-34)66-53(35)32-48(51)63-58(39)59(40)65/h8-22,25-33,63-64H,23-24H2,1-7H3. The molecular formula is C62H51BN2OS2. The van der Waals surface area contributed by atoms with Crippen LogP contribution in [0.2, 0.25) is 0 Å². The molecule has 0 radical (unpaired) electrons. The highest BCUT2D eigenvalue weighted by Gasteiger charge is 2.38. The number of anilines is 2. The van der Waals surface area contributed by atoms with E-state index in [0.29, 0.717) is 0 Å². The predicted molar refractivity (Wildman–Crippen MR) is 297 cm³/mol. The number of furan rings is 1. The Kier molecular flexibility index (Phi) is 8.33. The molecule has 14 rings (SSSR count). The highest BCUT2D eigenvalue weighted by atomic mass is 32.1. The largest absolute Gasteiger partial charge is 0.456 e. The molecule has 6 heteroatoms. The van der Waals surface area contributed by atoms with Gasteiger partial charge in [0.1, 0.15) is 11.3 Å². The van der Waals surface area contributed by atoms with E-state index in [1.807, 2.05) is 22.7 Å². The number of nitrogens with one attached hydrogen (secondary N) is 1. The fourth-order valence-corrected chi connectivity index (χ4v) is 14.2. The number of benzene rings is 8. The smallest absolute Gasteiger partial charge is 0.198 e. The van der Waals surface area contributed by atoms with E-state index in [9.17, 15) is 0 Å². The lowest BCUT2D eigenvalue weighted by Crippen LogP contribution is -2.37.